The van der Waals surface area contributed by atoms with Crippen LogP contribution >= 0.6 is 0 Å². The molecular weight excluding hydrogens is 361 g/mol. The van der Waals surface area contributed by atoms with Crippen LogP contribution in [0.3, 0.4) is 0 Å². The number of alkyl halides is 3. The molecule has 8 heteroatoms. The van der Waals surface area contributed by atoms with Crippen molar-refractivity contribution in [2.24, 2.45) is 0 Å². The van der Waals surface area contributed by atoms with E-state index in [0.29, 0.717) is 23.8 Å². The molecule has 2 aromatic heterocycles. The van der Waals surface area contributed by atoms with Gasteiger partial charge in [0.1, 0.15) is 17.2 Å². The highest BCUT2D eigenvalue weighted by Gasteiger charge is 2.31. The first-order valence-corrected chi connectivity index (χ1v) is 8.07. The van der Waals surface area contributed by atoms with Crippen molar-refractivity contribution in [1.82, 2.24) is 4.98 Å². The molecule has 0 bridgehead atoms. The van der Waals surface area contributed by atoms with E-state index in [4.69, 9.17) is 4.42 Å². The van der Waals surface area contributed by atoms with Crippen molar-refractivity contribution in [2.75, 3.05) is 5.32 Å². The summed E-state index contributed by atoms with van der Waals surface area (Å²) in [5, 5.41) is 2.21. The molecule has 0 aliphatic rings. The molecule has 27 heavy (non-hydrogen) atoms. The number of aromatic amines is 1. The number of halogens is 3. The Balaban J connectivity index is 1.62. The summed E-state index contributed by atoms with van der Waals surface area (Å²) in [7, 11) is 0. The lowest BCUT2D eigenvalue weighted by Gasteiger charge is -2.09. The SMILES string of the molecule is O=C(CCc1ccc(-c2ccccc2)o1)Nc1cc(C(F)(F)F)c[nH]c1=O. The molecule has 5 nitrogen and oxygen atoms in total. The summed E-state index contributed by atoms with van der Waals surface area (Å²) in [5.74, 6) is 0.625. The number of rotatable bonds is 5. The molecule has 0 radical (unpaired) electrons. The number of anilines is 1. The van der Waals surface area contributed by atoms with Gasteiger partial charge in [0.25, 0.3) is 5.56 Å². The molecule has 0 spiro atoms. The maximum absolute atomic E-state index is 12.7. The number of nitrogens with one attached hydrogen (secondary N) is 2. The van der Waals surface area contributed by atoms with Gasteiger partial charge in [-0.3, -0.25) is 9.59 Å². The van der Waals surface area contributed by atoms with E-state index in [2.05, 4.69) is 5.32 Å². The van der Waals surface area contributed by atoms with Crippen LogP contribution < -0.4 is 10.9 Å². The van der Waals surface area contributed by atoms with Gasteiger partial charge in [-0.05, 0) is 18.2 Å². The second kappa shape index (κ2) is 7.53. The predicted octanol–water partition coefficient (Wildman–Crippen LogP) is 4.23. The number of carbonyl (C=O) groups is 1. The molecule has 0 aliphatic carbocycles. The molecular formula is C19H15F3N2O3. The van der Waals surface area contributed by atoms with E-state index in [1.54, 1.807) is 12.1 Å². The summed E-state index contributed by atoms with van der Waals surface area (Å²) in [6.45, 7) is 0. The number of H-pyrrole nitrogens is 1. The third-order valence-corrected chi connectivity index (χ3v) is 3.82. The number of hydrogen-bond donors (Lipinski definition) is 2. The fourth-order valence-corrected chi connectivity index (χ4v) is 2.46. The molecule has 0 saturated heterocycles. The molecule has 0 aliphatic heterocycles. The van der Waals surface area contributed by atoms with Crippen LogP contribution in [0.2, 0.25) is 0 Å². The number of carbonyl (C=O) groups excluding carboxylic acids is 1. The molecule has 3 rings (SSSR count). The first kappa shape index (κ1) is 18.5. The molecule has 0 unspecified atom stereocenters. The zero-order chi connectivity index (χ0) is 19.4. The van der Waals surface area contributed by atoms with E-state index in [0.717, 1.165) is 5.56 Å². The molecule has 1 amide bonds. The number of aromatic nitrogens is 1. The highest BCUT2D eigenvalue weighted by Crippen LogP contribution is 2.29. The average molecular weight is 376 g/mol. The van der Waals surface area contributed by atoms with E-state index >= 15 is 0 Å². The van der Waals surface area contributed by atoms with Gasteiger partial charge >= 0.3 is 6.18 Å². The number of benzene rings is 1. The predicted molar refractivity (Wildman–Crippen MR) is 93.2 cm³/mol. The Hall–Kier alpha value is -3.29. The Morgan fingerprint density at radius 3 is 2.56 bits per heavy atom. The normalized spacial score (nSPS) is 11.4. The number of aryl methyl sites for hydroxylation is 1. The molecule has 1 aromatic carbocycles. The highest BCUT2D eigenvalue weighted by atomic mass is 19.4. The van der Waals surface area contributed by atoms with E-state index in [-0.39, 0.29) is 12.8 Å². The van der Waals surface area contributed by atoms with Crippen LogP contribution in [0.25, 0.3) is 11.3 Å². The first-order chi connectivity index (χ1) is 12.8. The van der Waals surface area contributed by atoms with Gasteiger partial charge in [0, 0.05) is 24.6 Å². The van der Waals surface area contributed by atoms with E-state index < -0.39 is 28.9 Å². The van der Waals surface area contributed by atoms with Gasteiger partial charge in [0.15, 0.2) is 0 Å². The molecule has 0 saturated carbocycles. The van der Waals surface area contributed by atoms with E-state index in [1.807, 2.05) is 35.3 Å². The molecule has 0 atom stereocenters. The van der Waals surface area contributed by atoms with Crippen molar-refractivity contribution in [3.63, 3.8) is 0 Å². The standard InChI is InChI=1S/C19H15F3N2O3/c20-19(21,22)13-10-15(18(26)23-11-13)24-17(25)9-7-14-6-8-16(27-14)12-4-2-1-3-5-12/h1-6,8,10-11H,7,9H2,(H,23,26)(H,24,25). The zero-order valence-electron chi connectivity index (χ0n) is 14.0. The Morgan fingerprint density at radius 1 is 1.11 bits per heavy atom. The number of amides is 1. The lowest BCUT2D eigenvalue weighted by atomic mass is 10.2. The van der Waals surface area contributed by atoms with Gasteiger partial charge < -0.3 is 14.7 Å². The quantitative estimate of drug-likeness (QED) is 0.700. The molecule has 2 N–H and O–H groups in total. The summed E-state index contributed by atoms with van der Waals surface area (Å²) in [6.07, 6.45) is -3.86. The van der Waals surface area contributed by atoms with Crippen LogP contribution in [-0.4, -0.2) is 10.9 Å². The minimum Gasteiger partial charge on any atom is -0.461 e. The Bertz CT molecular complexity index is 991. The molecule has 140 valence electrons. The fraction of sp³-hybridized carbons (Fsp3) is 0.158. The summed E-state index contributed by atoms with van der Waals surface area (Å²) >= 11 is 0. The van der Waals surface area contributed by atoms with Gasteiger partial charge in [0.2, 0.25) is 5.91 Å². The summed E-state index contributed by atoms with van der Waals surface area (Å²) in [5.41, 5.74) is -1.40. The van der Waals surface area contributed by atoms with E-state index in [1.165, 1.54) is 0 Å². The van der Waals surface area contributed by atoms with Crippen LogP contribution in [-0.2, 0) is 17.4 Å². The smallest absolute Gasteiger partial charge is 0.417 e. The zero-order valence-corrected chi connectivity index (χ0v) is 14.0. The first-order valence-electron chi connectivity index (χ1n) is 8.07. The van der Waals surface area contributed by atoms with E-state index in [9.17, 15) is 22.8 Å². The Kier molecular flexibility index (Phi) is 5.16. The van der Waals surface area contributed by atoms with Crippen molar-refractivity contribution in [1.29, 1.82) is 0 Å². The average Bonchev–Trinajstić information content (AvgIpc) is 3.11. The lowest BCUT2D eigenvalue weighted by Crippen LogP contribution is -2.21. The van der Waals surface area contributed by atoms with Crippen molar-refractivity contribution in [2.45, 2.75) is 19.0 Å². The summed E-state index contributed by atoms with van der Waals surface area (Å²) in [6, 6.07) is 13.5. The lowest BCUT2D eigenvalue weighted by molar-refractivity contribution is -0.137. The third-order valence-electron chi connectivity index (χ3n) is 3.82. The van der Waals surface area contributed by atoms with Crippen LogP contribution in [0.4, 0.5) is 18.9 Å². The van der Waals surface area contributed by atoms with Gasteiger partial charge in [-0.25, -0.2) is 0 Å². The van der Waals surface area contributed by atoms with Crippen LogP contribution in [0, 0.1) is 0 Å². The molecule has 2 heterocycles. The molecule has 0 fully saturated rings. The maximum atomic E-state index is 12.7. The van der Waals surface area contributed by atoms with Gasteiger partial charge in [0.05, 0.1) is 5.56 Å². The van der Waals surface area contributed by atoms with Crippen LogP contribution in [0.1, 0.15) is 17.7 Å². The second-order valence-corrected chi connectivity index (χ2v) is 5.81. The Morgan fingerprint density at radius 2 is 1.85 bits per heavy atom. The topological polar surface area (TPSA) is 75.1 Å². The number of pyridine rings is 1. The van der Waals surface area contributed by atoms with Crippen LogP contribution in [0.15, 0.2) is 63.9 Å². The van der Waals surface area contributed by atoms with Crippen molar-refractivity contribution in [3.8, 4) is 11.3 Å². The van der Waals surface area contributed by atoms with Gasteiger partial charge in [-0.1, -0.05) is 30.3 Å². The van der Waals surface area contributed by atoms with Gasteiger partial charge in [-0.2, -0.15) is 13.2 Å². The molecule has 3 aromatic rings. The van der Waals surface area contributed by atoms with Crippen LogP contribution in [0.5, 0.6) is 0 Å². The Labute approximate surface area is 151 Å². The summed E-state index contributed by atoms with van der Waals surface area (Å²) in [4.78, 5) is 25.6. The fourth-order valence-electron chi connectivity index (χ4n) is 2.46. The second-order valence-electron chi connectivity index (χ2n) is 5.81. The number of furan rings is 1. The van der Waals surface area contributed by atoms with Crippen molar-refractivity contribution < 1.29 is 22.4 Å². The van der Waals surface area contributed by atoms with Crippen molar-refractivity contribution in [3.05, 3.63) is 76.4 Å². The summed E-state index contributed by atoms with van der Waals surface area (Å²) < 4.78 is 43.8. The maximum Gasteiger partial charge on any atom is 0.417 e. The van der Waals surface area contributed by atoms with Crippen molar-refractivity contribution >= 4 is 11.6 Å². The monoisotopic (exact) mass is 376 g/mol. The minimum atomic E-state index is -4.62. The highest BCUT2D eigenvalue weighted by molar-refractivity contribution is 5.90. The van der Waals surface area contributed by atoms with Gasteiger partial charge in [-0.15, -0.1) is 0 Å². The third kappa shape index (κ3) is 4.66. The number of hydrogen-bond acceptors (Lipinski definition) is 3. The minimum absolute atomic E-state index is 0.0442. The largest absolute Gasteiger partial charge is 0.461 e.